The number of nitrogens with zero attached hydrogens (tertiary/aromatic N) is 1. The highest BCUT2D eigenvalue weighted by Crippen LogP contribution is 2.47. The maximum Gasteiger partial charge on any atom is 0.0443 e. The maximum absolute atomic E-state index is 8.83. The van der Waals surface area contributed by atoms with Crippen molar-refractivity contribution in [1.29, 1.82) is 0 Å². The average Bonchev–Trinajstić information content (AvgIpc) is 2.92. The summed E-state index contributed by atoms with van der Waals surface area (Å²) in [5, 5.41) is 9.96. The van der Waals surface area contributed by atoms with Gasteiger partial charge in [0.25, 0.3) is 0 Å². The van der Waals surface area contributed by atoms with Crippen LogP contribution in [0.2, 0.25) is 0 Å². The van der Waals surface area contributed by atoms with E-state index in [1.807, 2.05) is 0 Å². The lowest BCUT2D eigenvalue weighted by Gasteiger charge is -2.30. The van der Waals surface area contributed by atoms with Gasteiger partial charge >= 0.3 is 0 Å². The molecule has 0 saturated heterocycles. The number of halogens is 1. The van der Waals surface area contributed by atoms with E-state index in [0.29, 0.717) is 18.1 Å². The van der Waals surface area contributed by atoms with Crippen molar-refractivity contribution in [3.05, 3.63) is 0 Å². The highest BCUT2D eigenvalue weighted by atomic mass is 79.9. The number of aliphatic hydroxyl groups is 1. The third-order valence-corrected chi connectivity index (χ3v) is 4.30. The normalized spacial score (nSPS) is 19.3. The summed E-state index contributed by atoms with van der Waals surface area (Å²) in [7, 11) is 0. The maximum atomic E-state index is 8.83. The Morgan fingerprint density at radius 1 is 1.43 bits per heavy atom. The second-order valence-electron chi connectivity index (χ2n) is 4.78. The van der Waals surface area contributed by atoms with Gasteiger partial charge in [-0.15, -0.1) is 0 Å². The fourth-order valence-electron chi connectivity index (χ4n) is 1.74. The van der Waals surface area contributed by atoms with Gasteiger partial charge < -0.3 is 10.0 Å². The van der Waals surface area contributed by atoms with Gasteiger partial charge in [-0.2, -0.15) is 0 Å². The molecule has 0 aliphatic heterocycles. The van der Waals surface area contributed by atoms with Gasteiger partial charge in [0.2, 0.25) is 0 Å². The van der Waals surface area contributed by atoms with Crippen LogP contribution in [0.1, 0.15) is 33.1 Å². The molecular weight excluding hydrogens is 242 g/mol. The molecule has 1 saturated carbocycles. The van der Waals surface area contributed by atoms with Gasteiger partial charge in [-0.25, -0.2) is 0 Å². The van der Waals surface area contributed by atoms with Crippen molar-refractivity contribution < 1.29 is 5.11 Å². The number of rotatable bonds is 7. The van der Waals surface area contributed by atoms with E-state index in [1.54, 1.807) is 0 Å². The zero-order valence-electron chi connectivity index (χ0n) is 9.30. The minimum Gasteiger partial charge on any atom is -0.396 e. The summed E-state index contributed by atoms with van der Waals surface area (Å²) in [4.78, 5) is 2.49. The van der Waals surface area contributed by atoms with E-state index >= 15 is 0 Å². The van der Waals surface area contributed by atoms with Crippen LogP contribution >= 0.6 is 15.9 Å². The molecule has 1 fully saturated rings. The van der Waals surface area contributed by atoms with Crippen molar-refractivity contribution in [2.75, 3.05) is 25.0 Å². The van der Waals surface area contributed by atoms with Crippen LogP contribution in [-0.4, -0.2) is 41.1 Å². The smallest absolute Gasteiger partial charge is 0.0443 e. The Kier molecular flexibility index (Phi) is 4.88. The topological polar surface area (TPSA) is 23.5 Å². The van der Waals surface area contributed by atoms with Crippen molar-refractivity contribution >= 4 is 15.9 Å². The van der Waals surface area contributed by atoms with Gasteiger partial charge in [0.05, 0.1) is 0 Å². The molecule has 0 atom stereocenters. The van der Waals surface area contributed by atoms with Gasteiger partial charge in [-0.05, 0) is 38.5 Å². The molecule has 1 N–H and O–H groups in total. The number of alkyl halides is 1. The molecule has 14 heavy (non-hydrogen) atoms. The third kappa shape index (κ3) is 3.52. The predicted octanol–water partition coefficient (Wildman–Crippen LogP) is 2.25. The van der Waals surface area contributed by atoms with Crippen LogP contribution in [0, 0.1) is 5.41 Å². The highest BCUT2D eigenvalue weighted by molar-refractivity contribution is 9.09. The SMILES string of the molecule is CC(C)N(CCCO)CC1(CBr)CC1. The van der Waals surface area contributed by atoms with Crippen LogP contribution in [0.25, 0.3) is 0 Å². The summed E-state index contributed by atoms with van der Waals surface area (Å²) in [6.07, 6.45) is 3.62. The zero-order valence-corrected chi connectivity index (χ0v) is 10.9. The third-order valence-electron chi connectivity index (χ3n) is 3.11. The van der Waals surface area contributed by atoms with E-state index < -0.39 is 0 Å². The molecule has 2 nitrogen and oxygen atoms in total. The number of aliphatic hydroxyl groups excluding tert-OH is 1. The number of hydrogen-bond acceptors (Lipinski definition) is 2. The predicted molar refractivity (Wildman–Crippen MR) is 63.9 cm³/mol. The Morgan fingerprint density at radius 3 is 2.43 bits per heavy atom. The second-order valence-corrected chi connectivity index (χ2v) is 5.34. The summed E-state index contributed by atoms with van der Waals surface area (Å²) in [6.45, 7) is 7.01. The first-order valence-corrected chi connectivity index (χ1v) is 6.66. The molecule has 0 aromatic rings. The molecule has 0 amide bonds. The van der Waals surface area contributed by atoms with Gasteiger partial charge in [-0.3, -0.25) is 0 Å². The molecule has 84 valence electrons. The standard InChI is InChI=1S/C11H22BrNO/c1-10(2)13(6-3-7-14)9-11(8-12)4-5-11/h10,14H,3-9H2,1-2H3. The van der Waals surface area contributed by atoms with Gasteiger partial charge in [0.1, 0.15) is 0 Å². The van der Waals surface area contributed by atoms with E-state index in [0.717, 1.165) is 18.3 Å². The Balaban J connectivity index is 2.35. The lowest BCUT2D eigenvalue weighted by Crippen LogP contribution is -2.37. The van der Waals surface area contributed by atoms with Crippen molar-refractivity contribution in [1.82, 2.24) is 4.90 Å². The summed E-state index contributed by atoms with van der Waals surface area (Å²) in [5.74, 6) is 0. The van der Waals surface area contributed by atoms with Crippen molar-refractivity contribution in [2.45, 2.75) is 39.2 Å². The molecule has 0 unspecified atom stereocenters. The summed E-state index contributed by atoms with van der Waals surface area (Å²) < 4.78 is 0. The first-order valence-electron chi connectivity index (χ1n) is 5.54. The van der Waals surface area contributed by atoms with E-state index in [4.69, 9.17) is 5.11 Å². The Labute approximate surface area is 95.8 Å². The first kappa shape index (κ1) is 12.5. The van der Waals surface area contributed by atoms with E-state index in [1.165, 1.54) is 19.4 Å². The zero-order chi connectivity index (χ0) is 10.6. The second kappa shape index (κ2) is 5.47. The minimum atomic E-state index is 0.310. The lowest BCUT2D eigenvalue weighted by atomic mass is 10.1. The quantitative estimate of drug-likeness (QED) is 0.713. The molecule has 1 aliphatic carbocycles. The van der Waals surface area contributed by atoms with Gasteiger partial charge in [0, 0.05) is 31.1 Å². The highest BCUT2D eigenvalue weighted by Gasteiger charge is 2.42. The monoisotopic (exact) mass is 263 g/mol. The van der Waals surface area contributed by atoms with Crippen LogP contribution in [0.3, 0.4) is 0 Å². The molecular formula is C11H22BrNO. The van der Waals surface area contributed by atoms with Gasteiger partial charge in [0.15, 0.2) is 0 Å². The van der Waals surface area contributed by atoms with E-state index in [-0.39, 0.29) is 0 Å². The molecule has 0 spiro atoms. The van der Waals surface area contributed by atoms with Crippen LogP contribution in [0.15, 0.2) is 0 Å². The molecule has 0 aromatic heterocycles. The van der Waals surface area contributed by atoms with Crippen LogP contribution in [0.5, 0.6) is 0 Å². The van der Waals surface area contributed by atoms with E-state index in [9.17, 15) is 0 Å². The average molecular weight is 264 g/mol. The fraction of sp³-hybridized carbons (Fsp3) is 1.00. The van der Waals surface area contributed by atoms with Crippen LogP contribution < -0.4 is 0 Å². The summed E-state index contributed by atoms with van der Waals surface area (Å²) in [6, 6.07) is 0.595. The molecule has 1 rings (SSSR count). The minimum absolute atomic E-state index is 0.310. The van der Waals surface area contributed by atoms with Crippen molar-refractivity contribution in [2.24, 2.45) is 5.41 Å². The van der Waals surface area contributed by atoms with Crippen molar-refractivity contribution in [3.8, 4) is 0 Å². The Bertz CT molecular complexity index is 169. The molecule has 0 aromatic carbocycles. The molecule has 0 heterocycles. The molecule has 0 radical (unpaired) electrons. The van der Waals surface area contributed by atoms with Gasteiger partial charge in [-0.1, -0.05) is 15.9 Å². The lowest BCUT2D eigenvalue weighted by molar-refractivity contribution is 0.166. The molecule has 1 aliphatic rings. The summed E-state index contributed by atoms with van der Waals surface area (Å²) in [5.41, 5.74) is 0.555. The Hall–Kier alpha value is 0.400. The molecule has 0 bridgehead atoms. The fourth-order valence-corrected chi connectivity index (χ4v) is 2.47. The van der Waals surface area contributed by atoms with Crippen molar-refractivity contribution in [3.63, 3.8) is 0 Å². The molecule has 3 heteroatoms. The summed E-state index contributed by atoms with van der Waals surface area (Å²) >= 11 is 3.60. The number of hydrogen-bond donors (Lipinski definition) is 1. The Morgan fingerprint density at radius 2 is 2.07 bits per heavy atom. The largest absolute Gasteiger partial charge is 0.396 e. The first-order chi connectivity index (χ1) is 6.63. The van der Waals surface area contributed by atoms with Crippen LogP contribution in [0.4, 0.5) is 0 Å². The van der Waals surface area contributed by atoms with Crippen LogP contribution in [-0.2, 0) is 0 Å². The van der Waals surface area contributed by atoms with E-state index in [2.05, 4.69) is 34.7 Å².